The number of rotatable bonds is 20. The Balaban J connectivity index is 1.57. The second kappa shape index (κ2) is 20.0. The molecule has 1 saturated heterocycles. The molecule has 0 aromatic heterocycles. The highest BCUT2D eigenvalue weighted by atomic mass is 32.2. The summed E-state index contributed by atoms with van der Waals surface area (Å²) in [6, 6.07) is 2.52. The molecule has 0 aliphatic carbocycles. The molecule has 0 radical (unpaired) electrons. The fourth-order valence-corrected chi connectivity index (χ4v) is 5.90. The van der Waals surface area contributed by atoms with Gasteiger partial charge in [0.2, 0.25) is 24.0 Å². The van der Waals surface area contributed by atoms with Crippen molar-refractivity contribution in [3.8, 4) is 11.5 Å². The van der Waals surface area contributed by atoms with Crippen molar-refractivity contribution in [1.29, 1.82) is 0 Å². The molecule has 55 heavy (non-hydrogen) atoms. The van der Waals surface area contributed by atoms with Crippen LogP contribution in [0.1, 0.15) is 58.4 Å². The van der Waals surface area contributed by atoms with Crippen LogP contribution in [-0.2, 0) is 50.2 Å². The van der Waals surface area contributed by atoms with Crippen LogP contribution in [0.2, 0.25) is 0 Å². The fourth-order valence-electron chi connectivity index (χ4n) is 5.24. The Hall–Kier alpha value is -4.38. The van der Waals surface area contributed by atoms with E-state index in [9.17, 15) is 62.5 Å². The molecular formula is C34H49N3O17S. The number of hydrogen-bond acceptors (Lipinski definition) is 15. The normalized spacial score (nSPS) is 23.2. The summed E-state index contributed by atoms with van der Waals surface area (Å²) < 4.78 is 54.6. The smallest absolute Gasteiger partial charge is 0.335 e. The molecule has 0 spiro atoms. The highest BCUT2D eigenvalue weighted by Gasteiger charge is 2.48. The zero-order valence-electron chi connectivity index (χ0n) is 30.5. The van der Waals surface area contributed by atoms with Crippen LogP contribution in [0.15, 0.2) is 30.4 Å². The molecule has 1 aromatic rings. The highest BCUT2D eigenvalue weighted by molar-refractivity contribution is 7.85. The number of nitrogens with one attached hydrogen (secondary N) is 2. The number of carboxylic acids is 1. The zero-order valence-corrected chi connectivity index (χ0v) is 31.3. The zero-order chi connectivity index (χ0) is 41.1. The van der Waals surface area contributed by atoms with E-state index < -0.39 is 88.0 Å². The van der Waals surface area contributed by atoms with Crippen molar-refractivity contribution in [1.82, 2.24) is 15.5 Å². The third-order valence-corrected chi connectivity index (χ3v) is 9.05. The first-order valence-corrected chi connectivity index (χ1v) is 19.0. The number of amides is 3. The molecule has 0 saturated carbocycles. The van der Waals surface area contributed by atoms with Gasteiger partial charge in [-0.3, -0.25) is 23.7 Å². The first kappa shape index (κ1) is 45.0. The Morgan fingerprint density at radius 3 is 2.33 bits per heavy atom. The number of esters is 1. The van der Waals surface area contributed by atoms with E-state index in [0.717, 1.165) is 0 Å². The molecule has 1 fully saturated rings. The summed E-state index contributed by atoms with van der Waals surface area (Å²) in [4.78, 5) is 62.2. The minimum Gasteiger partial charge on any atom is -0.493 e. The van der Waals surface area contributed by atoms with Gasteiger partial charge >= 0.3 is 11.9 Å². The van der Waals surface area contributed by atoms with Crippen LogP contribution in [-0.4, -0.2) is 141 Å². The van der Waals surface area contributed by atoms with Gasteiger partial charge in [-0.1, -0.05) is 6.42 Å². The van der Waals surface area contributed by atoms with Gasteiger partial charge in [0.15, 0.2) is 6.10 Å². The molecule has 8 N–H and O–H groups in total. The molecule has 7 atom stereocenters. The third-order valence-electron chi connectivity index (χ3n) is 8.30. The van der Waals surface area contributed by atoms with Crippen molar-refractivity contribution in [3.05, 3.63) is 35.9 Å². The number of aliphatic hydroxyl groups excluding tert-OH is 4. The Morgan fingerprint density at radius 2 is 1.71 bits per heavy atom. The summed E-state index contributed by atoms with van der Waals surface area (Å²) in [5, 5.41) is 54.3. The quantitative estimate of drug-likeness (QED) is 0.0426. The Bertz CT molecular complexity index is 1660. The number of nitrogens with zero attached hydrogens (tertiary/aromatic N) is 1. The second-order valence-corrected chi connectivity index (χ2v) is 15.4. The van der Waals surface area contributed by atoms with Crippen molar-refractivity contribution in [2.45, 2.75) is 102 Å². The summed E-state index contributed by atoms with van der Waals surface area (Å²) in [5.74, 6) is -5.02. The van der Waals surface area contributed by atoms with E-state index in [-0.39, 0.29) is 56.6 Å². The Kier molecular flexibility index (Phi) is 16.4. The van der Waals surface area contributed by atoms with Crippen LogP contribution in [0.3, 0.4) is 0 Å². The molecule has 2 aliphatic heterocycles. The van der Waals surface area contributed by atoms with Crippen LogP contribution >= 0.6 is 0 Å². The lowest BCUT2D eigenvalue weighted by Gasteiger charge is -2.38. The van der Waals surface area contributed by atoms with Crippen LogP contribution in [0.5, 0.6) is 11.5 Å². The number of aliphatic carboxylic acids is 1. The van der Waals surface area contributed by atoms with Gasteiger partial charge in [-0.2, -0.15) is 8.42 Å². The lowest BCUT2D eigenvalue weighted by molar-refractivity contribution is -0.271. The van der Waals surface area contributed by atoms with Gasteiger partial charge in [0.25, 0.3) is 10.1 Å². The summed E-state index contributed by atoms with van der Waals surface area (Å²) in [7, 11) is -4.69. The van der Waals surface area contributed by atoms with E-state index in [4.69, 9.17) is 18.9 Å². The number of aliphatic hydroxyl groups is 4. The van der Waals surface area contributed by atoms with Crippen molar-refractivity contribution in [2.75, 3.05) is 25.4 Å². The lowest BCUT2D eigenvalue weighted by atomic mass is 9.97. The van der Waals surface area contributed by atoms with Gasteiger partial charge in [-0.15, -0.1) is 0 Å². The van der Waals surface area contributed by atoms with Crippen LogP contribution in [0.4, 0.5) is 0 Å². The van der Waals surface area contributed by atoms with E-state index >= 15 is 0 Å². The summed E-state index contributed by atoms with van der Waals surface area (Å²) in [6.45, 7) is 4.81. The Labute approximate surface area is 317 Å². The average Bonchev–Trinajstić information content (AvgIpc) is 3.41. The van der Waals surface area contributed by atoms with Gasteiger partial charge in [0, 0.05) is 37.2 Å². The van der Waals surface area contributed by atoms with Crippen LogP contribution in [0.25, 0.3) is 0 Å². The Morgan fingerprint density at radius 1 is 1.00 bits per heavy atom. The predicted octanol–water partition coefficient (Wildman–Crippen LogP) is -1.42. The molecule has 2 heterocycles. The van der Waals surface area contributed by atoms with Crippen molar-refractivity contribution in [2.24, 2.45) is 5.41 Å². The molecule has 2 aliphatic rings. The first-order valence-electron chi connectivity index (χ1n) is 17.4. The van der Waals surface area contributed by atoms with Gasteiger partial charge in [-0.05, 0) is 58.2 Å². The molecule has 20 nitrogen and oxygen atoms in total. The van der Waals surface area contributed by atoms with E-state index in [1.807, 2.05) is 0 Å². The summed E-state index contributed by atoms with van der Waals surface area (Å²) in [5.41, 5.74) is -0.470. The molecule has 0 bridgehead atoms. The summed E-state index contributed by atoms with van der Waals surface area (Å²) >= 11 is 0. The number of unbranched alkanes of at least 4 members (excludes halogenated alkanes) is 2. The van der Waals surface area contributed by atoms with E-state index in [1.54, 1.807) is 20.8 Å². The first-order chi connectivity index (χ1) is 25.7. The minimum atomic E-state index is -4.69. The fraction of sp³-hybridized carbons (Fsp3) is 0.618. The molecule has 1 aromatic carbocycles. The standard InChI is InChI=1S/C34H49N3O17S/c1-34(2,3)33(47)52-17-19-9-10-20(53-32-28(43)26(41)27(42)29(54-32)31(45)46)16-22(19)51-15-7-13-35-30(44)21(18-55(48,49)50)36-23(38)8-5-4-6-14-37-24(39)11-12-25(37)40/h9-12,16,21,24,26-29,32,39,41-43H,4-8,13-15,17-18H2,1-3H3,(H,35,44)(H,36,38)(H,45,46)(H,48,49,50)/t21?,24?,26-,27-,28+,29-,32+/m0/s1. The van der Waals surface area contributed by atoms with Crippen molar-refractivity contribution < 1.29 is 81.4 Å². The van der Waals surface area contributed by atoms with Crippen LogP contribution in [0, 0.1) is 5.41 Å². The molecule has 3 amide bonds. The lowest BCUT2D eigenvalue weighted by Crippen LogP contribution is -2.61. The monoisotopic (exact) mass is 803 g/mol. The van der Waals surface area contributed by atoms with Crippen LogP contribution < -0.4 is 20.1 Å². The van der Waals surface area contributed by atoms with Gasteiger partial charge in [0.1, 0.15) is 54.4 Å². The highest BCUT2D eigenvalue weighted by Crippen LogP contribution is 2.30. The maximum absolute atomic E-state index is 12.9. The molecular weight excluding hydrogens is 754 g/mol. The number of carbonyl (C=O) groups excluding carboxylic acids is 4. The number of carboxylic acid groups (broad SMARTS) is 1. The van der Waals surface area contributed by atoms with Gasteiger partial charge in [-0.25, -0.2) is 4.79 Å². The average molecular weight is 804 g/mol. The maximum atomic E-state index is 12.9. The van der Waals surface area contributed by atoms with E-state index in [1.165, 1.54) is 35.3 Å². The number of carbonyl (C=O) groups is 5. The summed E-state index contributed by atoms with van der Waals surface area (Å²) in [6.07, 6.45) is -6.36. The van der Waals surface area contributed by atoms with E-state index in [2.05, 4.69) is 10.6 Å². The largest absolute Gasteiger partial charge is 0.493 e. The van der Waals surface area contributed by atoms with E-state index in [0.29, 0.717) is 24.8 Å². The van der Waals surface area contributed by atoms with Gasteiger partial charge in [0.05, 0.1) is 12.0 Å². The molecule has 2 unspecified atom stereocenters. The molecule has 21 heteroatoms. The topological polar surface area (TPSA) is 305 Å². The predicted molar refractivity (Wildman–Crippen MR) is 187 cm³/mol. The maximum Gasteiger partial charge on any atom is 0.335 e. The van der Waals surface area contributed by atoms with Crippen molar-refractivity contribution >= 4 is 39.8 Å². The SMILES string of the molecule is CC(C)(C)C(=O)OCc1ccc(O[C@@H]2O[C@H](C(=O)O)[C@@H](O)[C@H](O)[C@H]2O)cc1OCCCNC(=O)C(CS(=O)(=O)O)NC(=O)CCCCCN1C(=O)C=CC1O. The minimum absolute atomic E-state index is 0.0347. The number of benzene rings is 1. The third kappa shape index (κ3) is 14.0. The van der Waals surface area contributed by atoms with Crippen molar-refractivity contribution in [3.63, 3.8) is 0 Å². The molecule has 308 valence electrons. The second-order valence-electron chi connectivity index (χ2n) is 13.9. The number of ether oxygens (including phenoxy) is 4. The molecule has 3 rings (SSSR count). The van der Waals surface area contributed by atoms with Gasteiger partial charge < -0.3 is 60.0 Å². The number of hydrogen-bond donors (Lipinski definition) is 8.